The zero-order valence-electron chi connectivity index (χ0n) is 18.1. The molecule has 1 amide bonds. The van der Waals surface area contributed by atoms with E-state index >= 15 is 0 Å². The van der Waals surface area contributed by atoms with Gasteiger partial charge in [-0.2, -0.15) is 0 Å². The molecule has 1 heterocycles. The molecule has 0 aliphatic heterocycles. The molecular formula is C23H26N4O4S. The van der Waals surface area contributed by atoms with Gasteiger partial charge in [-0.05, 0) is 37.0 Å². The van der Waals surface area contributed by atoms with Gasteiger partial charge in [0.15, 0.2) is 5.16 Å². The van der Waals surface area contributed by atoms with Crippen LogP contribution in [-0.4, -0.2) is 39.3 Å². The first kappa shape index (κ1) is 22.1. The van der Waals surface area contributed by atoms with E-state index < -0.39 is 4.92 Å². The average molecular weight is 455 g/mol. The molecule has 9 heteroatoms. The first-order valence-corrected chi connectivity index (χ1v) is 11.7. The lowest BCUT2D eigenvalue weighted by atomic mass is 9.86. The Hall–Kier alpha value is -3.07. The molecule has 2 atom stereocenters. The molecule has 0 saturated heterocycles. The van der Waals surface area contributed by atoms with Crippen molar-refractivity contribution in [3.05, 3.63) is 52.6 Å². The first-order valence-electron chi connectivity index (χ1n) is 10.7. The van der Waals surface area contributed by atoms with Crippen LogP contribution in [-0.2, 0) is 4.79 Å². The molecule has 32 heavy (non-hydrogen) atoms. The number of methoxy groups -OCH3 is 1. The maximum Gasteiger partial charge on any atom is 0.271 e. The Morgan fingerprint density at radius 3 is 2.81 bits per heavy atom. The third-order valence-corrected chi connectivity index (χ3v) is 6.87. The number of hydrogen-bond donors (Lipinski definition) is 1. The fourth-order valence-electron chi connectivity index (χ4n) is 4.21. The minimum absolute atomic E-state index is 0.0252. The van der Waals surface area contributed by atoms with Crippen molar-refractivity contribution in [1.29, 1.82) is 0 Å². The Balaban J connectivity index is 1.65. The minimum atomic E-state index is -0.437. The van der Waals surface area contributed by atoms with E-state index in [0.717, 1.165) is 24.9 Å². The number of benzene rings is 2. The van der Waals surface area contributed by atoms with Crippen LogP contribution < -0.4 is 10.1 Å². The molecule has 0 bridgehead atoms. The number of fused-ring (bicyclic) bond motifs is 1. The highest BCUT2D eigenvalue weighted by molar-refractivity contribution is 7.99. The standard InChI is InChI=1S/C23H26N4O4S/c1-15-7-3-4-8-17(15)24-22(28)14-32-23-25-18-13-16(27(29)30)11-12-19(18)26(23)20-9-5-6-10-21(20)31-2/h5-6,9-13,15,17H,3-4,7-8,14H2,1-2H3,(H,24,28). The number of hydrogen-bond acceptors (Lipinski definition) is 6. The third kappa shape index (κ3) is 4.57. The van der Waals surface area contributed by atoms with Gasteiger partial charge in [0, 0.05) is 18.2 Å². The number of nitro benzene ring substituents is 1. The lowest BCUT2D eigenvalue weighted by molar-refractivity contribution is -0.384. The second kappa shape index (κ2) is 9.60. The molecular weight excluding hydrogens is 428 g/mol. The van der Waals surface area contributed by atoms with Gasteiger partial charge in [0.1, 0.15) is 5.75 Å². The van der Waals surface area contributed by atoms with Crippen molar-refractivity contribution in [2.45, 2.75) is 43.8 Å². The van der Waals surface area contributed by atoms with Crippen molar-refractivity contribution < 1.29 is 14.5 Å². The number of aromatic nitrogens is 2. The van der Waals surface area contributed by atoms with Gasteiger partial charge in [-0.25, -0.2) is 4.98 Å². The summed E-state index contributed by atoms with van der Waals surface area (Å²) < 4.78 is 7.42. The molecule has 3 aromatic rings. The van der Waals surface area contributed by atoms with Crippen LogP contribution in [0.5, 0.6) is 5.75 Å². The number of imidazole rings is 1. The van der Waals surface area contributed by atoms with Crippen LogP contribution in [0.15, 0.2) is 47.6 Å². The quantitative estimate of drug-likeness (QED) is 0.315. The SMILES string of the molecule is COc1ccccc1-n1c(SCC(=O)NC2CCCCC2C)nc2cc([N+](=O)[O-])ccc21. The molecule has 1 fully saturated rings. The van der Waals surface area contributed by atoms with Crippen LogP contribution in [0.4, 0.5) is 5.69 Å². The predicted molar refractivity (Wildman–Crippen MR) is 125 cm³/mol. The maximum absolute atomic E-state index is 12.7. The van der Waals surface area contributed by atoms with E-state index in [4.69, 9.17) is 4.74 Å². The van der Waals surface area contributed by atoms with E-state index in [-0.39, 0.29) is 23.4 Å². The second-order valence-corrected chi connectivity index (χ2v) is 9.00. The number of amides is 1. The molecule has 0 radical (unpaired) electrons. The van der Waals surface area contributed by atoms with Crippen LogP contribution in [0.2, 0.25) is 0 Å². The van der Waals surface area contributed by atoms with Gasteiger partial charge < -0.3 is 10.1 Å². The van der Waals surface area contributed by atoms with Crippen LogP contribution in [0.25, 0.3) is 16.7 Å². The van der Waals surface area contributed by atoms with E-state index in [0.29, 0.717) is 27.9 Å². The van der Waals surface area contributed by atoms with Crippen molar-refractivity contribution >= 4 is 34.4 Å². The molecule has 1 aliphatic rings. The lowest BCUT2D eigenvalue weighted by Gasteiger charge is -2.29. The van der Waals surface area contributed by atoms with E-state index in [1.54, 1.807) is 13.2 Å². The van der Waals surface area contributed by atoms with Gasteiger partial charge in [-0.3, -0.25) is 19.5 Å². The third-order valence-electron chi connectivity index (χ3n) is 5.93. The smallest absolute Gasteiger partial charge is 0.271 e. The number of rotatable bonds is 7. The van der Waals surface area contributed by atoms with Crippen LogP contribution in [0, 0.1) is 16.0 Å². The van der Waals surface area contributed by atoms with Gasteiger partial charge in [-0.1, -0.05) is 43.7 Å². The molecule has 2 unspecified atom stereocenters. The number of thioether (sulfide) groups is 1. The number of para-hydroxylation sites is 2. The van der Waals surface area contributed by atoms with Gasteiger partial charge in [0.05, 0.1) is 34.5 Å². The Labute approximate surface area is 190 Å². The first-order chi connectivity index (χ1) is 15.5. The number of nitrogens with one attached hydrogen (secondary N) is 1. The normalized spacial score (nSPS) is 18.4. The highest BCUT2D eigenvalue weighted by Crippen LogP contribution is 2.34. The summed E-state index contributed by atoms with van der Waals surface area (Å²) >= 11 is 1.31. The van der Waals surface area contributed by atoms with Gasteiger partial charge in [0.2, 0.25) is 5.91 Å². The molecule has 1 aromatic heterocycles. The molecule has 1 N–H and O–H groups in total. The molecule has 0 spiro atoms. The van der Waals surface area contributed by atoms with E-state index in [9.17, 15) is 14.9 Å². The summed E-state index contributed by atoms with van der Waals surface area (Å²) in [7, 11) is 1.59. The number of ether oxygens (including phenoxy) is 1. The Morgan fingerprint density at radius 2 is 2.06 bits per heavy atom. The van der Waals surface area contributed by atoms with Crippen molar-refractivity contribution in [1.82, 2.24) is 14.9 Å². The fourth-order valence-corrected chi connectivity index (χ4v) is 5.05. The van der Waals surface area contributed by atoms with Crippen LogP contribution >= 0.6 is 11.8 Å². The maximum atomic E-state index is 12.7. The number of non-ortho nitro benzene ring substituents is 1. The van der Waals surface area contributed by atoms with Crippen molar-refractivity contribution in [2.75, 3.05) is 12.9 Å². The highest BCUT2D eigenvalue weighted by Gasteiger charge is 2.24. The molecule has 8 nitrogen and oxygen atoms in total. The number of carbonyl (C=O) groups is 1. The van der Waals surface area contributed by atoms with Crippen molar-refractivity contribution in [2.24, 2.45) is 5.92 Å². The van der Waals surface area contributed by atoms with Crippen LogP contribution in [0.1, 0.15) is 32.6 Å². The lowest BCUT2D eigenvalue weighted by Crippen LogP contribution is -2.41. The molecule has 168 valence electrons. The molecule has 1 saturated carbocycles. The topological polar surface area (TPSA) is 99.3 Å². The van der Waals surface area contributed by atoms with Gasteiger partial charge >= 0.3 is 0 Å². The molecule has 2 aromatic carbocycles. The van der Waals surface area contributed by atoms with E-state index in [1.165, 1.54) is 30.3 Å². The number of nitro groups is 1. The summed E-state index contributed by atoms with van der Waals surface area (Å²) in [4.78, 5) is 28.1. The minimum Gasteiger partial charge on any atom is -0.495 e. The average Bonchev–Trinajstić information content (AvgIpc) is 3.16. The number of nitrogens with zero attached hydrogens (tertiary/aromatic N) is 3. The highest BCUT2D eigenvalue weighted by atomic mass is 32.2. The zero-order valence-corrected chi connectivity index (χ0v) is 18.9. The molecule has 4 rings (SSSR count). The predicted octanol–water partition coefficient (Wildman–Crippen LogP) is 4.73. The van der Waals surface area contributed by atoms with E-state index in [2.05, 4.69) is 17.2 Å². The fraction of sp³-hybridized carbons (Fsp3) is 0.391. The largest absolute Gasteiger partial charge is 0.495 e. The number of carbonyl (C=O) groups excluding carboxylic acids is 1. The van der Waals surface area contributed by atoms with E-state index in [1.807, 2.05) is 28.8 Å². The van der Waals surface area contributed by atoms with Crippen molar-refractivity contribution in [3.8, 4) is 11.4 Å². The second-order valence-electron chi connectivity index (χ2n) is 8.06. The summed E-state index contributed by atoms with van der Waals surface area (Å²) in [6, 6.07) is 12.3. The summed E-state index contributed by atoms with van der Waals surface area (Å²) in [6.07, 6.45) is 4.52. The Morgan fingerprint density at radius 1 is 1.28 bits per heavy atom. The van der Waals surface area contributed by atoms with Crippen molar-refractivity contribution in [3.63, 3.8) is 0 Å². The van der Waals surface area contributed by atoms with Crippen LogP contribution in [0.3, 0.4) is 0 Å². The Kier molecular flexibility index (Phi) is 6.64. The zero-order chi connectivity index (χ0) is 22.7. The summed E-state index contributed by atoms with van der Waals surface area (Å²) in [5, 5.41) is 15.0. The Bertz CT molecular complexity index is 1150. The van der Waals surface area contributed by atoms with Gasteiger partial charge in [-0.15, -0.1) is 0 Å². The summed E-state index contributed by atoms with van der Waals surface area (Å²) in [6.45, 7) is 2.19. The molecule has 1 aliphatic carbocycles. The summed E-state index contributed by atoms with van der Waals surface area (Å²) in [5.41, 5.74) is 1.94. The monoisotopic (exact) mass is 454 g/mol. The van der Waals surface area contributed by atoms with Gasteiger partial charge in [0.25, 0.3) is 5.69 Å². The summed E-state index contributed by atoms with van der Waals surface area (Å²) in [5.74, 6) is 1.31.